The number of halogens is 3. The van der Waals surface area contributed by atoms with Crippen molar-refractivity contribution < 1.29 is 37.9 Å². The summed E-state index contributed by atoms with van der Waals surface area (Å²) < 4.78 is 51.1. The fourth-order valence-corrected chi connectivity index (χ4v) is 20.2. The molecule has 6 aromatic carbocycles. The van der Waals surface area contributed by atoms with Crippen molar-refractivity contribution >= 4 is 149 Å². The van der Waals surface area contributed by atoms with Gasteiger partial charge < -0.3 is 38.2 Å². The molecule has 10 aromatic rings. The van der Waals surface area contributed by atoms with E-state index in [1.807, 2.05) is 27.5 Å². The first kappa shape index (κ1) is 55.9. The summed E-state index contributed by atoms with van der Waals surface area (Å²) >= 11 is 15.3. The zero-order valence-corrected chi connectivity index (χ0v) is 55.1. The van der Waals surface area contributed by atoms with Crippen molar-refractivity contribution in [3.63, 3.8) is 0 Å². The maximum Gasteiger partial charge on any atom is 0.179 e. The Morgan fingerprint density at radius 2 is 0.543 bits per heavy atom. The third-order valence-electron chi connectivity index (χ3n) is 13.3. The molecule has 0 amide bonds. The Morgan fingerprint density at radius 1 is 0.309 bits per heavy atom. The molecule has 0 saturated carbocycles. The quantitative estimate of drug-likeness (QED) is 0.124. The first-order valence-electron chi connectivity index (χ1n) is 26.2. The van der Waals surface area contributed by atoms with E-state index in [0.29, 0.717) is 52.9 Å². The van der Waals surface area contributed by atoms with Gasteiger partial charge in [-0.05, 0) is 126 Å². The van der Waals surface area contributed by atoms with E-state index in [0.717, 1.165) is 125 Å². The number of fused-ring (bicyclic) bond motifs is 4. The zero-order valence-electron chi connectivity index (χ0n) is 44.2. The van der Waals surface area contributed by atoms with Gasteiger partial charge in [0.2, 0.25) is 0 Å². The van der Waals surface area contributed by atoms with E-state index in [1.54, 1.807) is 34.0 Å². The van der Waals surface area contributed by atoms with Crippen molar-refractivity contribution in [1.82, 2.24) is 0 Å². The predicted molar refractivity (Wildman–Crippen MR) is 347 cm³/mol. The maximum atomic E-state index is 5.96. The molecule has 0 spiro atoms. The van der Waals surface area contributed by atoms with E-state index in [-0.39, 0.29) is 0 Å². The first-order valence-corrected chi connectivity index (χ1v) is 42.1. The standard InChI is InChI=1S/C36H27NO6S3.C18H12Br3N.C6H5O2S.3CH3.Sn/c1-7-25(8-2-22(1)34-31-28(19-44-34)38-13-16-41-31)37(26-9-3-23(4-10-26)35-32-29(20-45-35)39-14-17-42-32)27-11-5-24(6-12-27)36-33-30(21-46-36)40-15-18-43-33;19-13-1-7-16(8-2-13)22(17-9-3-14(20)4-10-17)18-11-5-15(21)6-12-18;1-2-8-6-4-9-3-5(6)7-1;;;;/h1-12,19-21H,13-18H2;1-12H;3H,1-2H2;3*1H3;. The van der Waals surface area contributed by atoms with Crippen LogP contribution in [-0.4, -0.2) is 71.2 Å². The number of benzene rings is 6. The van der Waals surface area contributed by atoms with Crippen molar-refractivity contribution in [3.05, 3.63) is 181 Å². The van der Waals surface area contributed by atoms with Gasteiger partial charge in [-0.2, -0.15) is 0 Å². The molecular formula is C63H53Br3N2O8S4Sn. The molecule has 14 rings (SSSR count). The molecule has 0 unspecified atom stereocenters. The van der Waals surface area contributed by atoms with Gasteiger partial charge in [-0.1, -0.05) is 84.2 Å². The van der Waals surface area contributed by atoms with Crippen molar-refractivity contribution in [2.45, 2.75) is 14.8 Å². The number of hydrogen-bond donors (Lipinski definition) is 0. The van der Waals surface area contributed by atoms with Crippen LogP contribution >= 0.6 is 93.1 Å². The van der Waals surface area contributed by atoms with Crippen LogP contribution in [0.2, 0.25) is 14.8 Å². The number of rotatable bonds is 10. The summed E-state index contributed by atoms with van der Waals surface area (Å²) in [7, 11) is 0. The van der Waals surface area contributed by atoms with E-state index in [2.05, 4.69) is 223 Å². The normalized spacial score (nSPS) is 13.7. The molecule has 4 aliphatic heterocycles. The zero-order chi connectivity index (χ0) is 55.5. The average Bonchev–Trinajstić information content (AvgIpc) is 4.36. The molecule has 0 bridgehead atoms. The summed E-state index contributed by atoms with van der Waals surface area (Å²) in [6, 6.07) is 50.8. The summed E-state index contributed by atoms with van der Waals surface area (Å²) in [6.07, 6.45) is 0. The van der Waals surface area contributed by atoms with Crippen molar-refractivity contribution in [1.29, 1.82) is 0 Å². The van der Waals surface area contributed by atoms with Crippen LogP contribution in [0.15, 0.2) is 181 Å². The molecule has 8 heterocycles. The van der Waals surface area contributed by atoms with Gasteiger partial charge >= 0.3 is 87.0 Å². The molecule has 0 saturated heterocycles. The van der Waals surface area contributed by atoms with Gasteiger partial charge in [0.05, 0.1) is 14.6 Å². The molecule has 0 N–H and O–H groups in total. The number of hydrogen-bond acceptors (Lipinski definition) is 14. The van der Waals surface area contributed by atoms with Gasteiger partial charge in [0.1, 0.15) is 39.6 Å². The fraction of sp³-hybridized carbons (Fsp3) is 0.175. The van der Waals surface area contributed by atoms with Gasteiger partial charge in [0.15, 0.2) is 34.5 Å². The second-order valence-electron chi connectivity index (χ2n) is 19.8. The summed E-state index contributed by atoms with van der Waals surface area (Å²) in [6.45, 7) is 4.85. The van der Waals surface area contributed by atoms with Crippen LogP contribution in [0.1, 0.15) is 0 Å². The summed E-state index contributed by atoms with van der Waals surface area (Å²) in [4.78, 5) is 14.9. The molecule has 4 aromatic heterocycles. The number of anilines is 6. The molecule has 0 atom stereocenters. The molecule has 0 radical (unpaired) electrons. The van der Waals surface area contributed by atoms with Gasteiger partial charge in [0.25, 0.3) is 0 Å². The Hall–Kier alpha value is -5.64. The minimum atomic E-state index is -1.96. The summed E-state index contributed by atoms with van der Waals surface area (Å²) in [5.74, 6) is 7.00. The molecule has 18 heteroatoms. The molecule has 412 valence electrons. The van der Waals surface area contributed by atoms with Crippen molar-refractivity contribution in [2.75, 3.05) is 62.7 Å². The van der Waals surface area contributed by atoms with Crippen LogP contribution in [0.25, 0.3) is 31.3 Å². The van der Waals surface area contributed by atoms with Crippen LogP contribution in [0.4, 0.5) is 34.1 Å². The average molecular weight is 1450 g/mol. The smallest absolute Gasteiger partial charge is 0.179 e. The summed E-state index contributed by atoms with van der Waals surface area (Å²) in [5, 5.41) is 8.16. The number of thiophene rings is 4. The Morgan fingerprint density at radius 3 is 0.827 bits per heavy atom. The van der Waals surface area contributed by atoms with Crippen LogP contribution in [0.3, 0.4) is 0 Å². The molecule has 0 fully saturated rings. The Kier molecular flexibility index (Phi) is 17.3. The predicted octanol–water partition coefficient (Wildman–Crippen LogP) is 19.2. The fourth-order valence-electron chi connectivity index (χ4n) is 9.52. The van der Waals surface area contributed by atoms with Crippen molar-refractivity contribution in [3.8, 4) is 77.3 Å². The first-order chi connectivity index (χ1) is 39.5. The van der Waals surface area contributed by atoms with Gasteiger partial charge in [-0.3, -0.25) is 0 Å². The topological polar surface area (TPSA) is 80.3 Å². The second-order valence-corrected chi connectivity index (χ2v) is 41.4. The summed E-state index contributed by atoms with van der Waals surface area (Å²) in [5.41, 5.74) is 9.78. The van der Waals surface area contributed by atoms with E-state index >= 15 is 0 Å². The third-order valence-corrected chi connectivity index (χ3v) is 28.3. The van der Waals surface area contributed by atoms with E-state index in [1.165, 1.54) is 2.89 Å². The van der Waals surface area contributed by atoms with Crippen LogP contribution in [-0.2, 0) is 0 Å². The number of nitrogens with zero attached hydrogens (tertiary/aromatic N) is 2. The van der Waals surface area contributed by atoms with E-state index in [4.69, 9.17) is 37.9 Å². The van der Waals surface area contributed by atoms with E-state index in [9.17, 15) is 0 Å². The largest absolute Gasteiger partial charge is 0.485 e. The SMILES string of the molecule is Brc1ccc(N(c2ccc(Br)cc2)c2ccc(Br)cc2)cc1.[CH3][Sn]([CH3])([CH3])[c]1scc2c1OCCO2.c1cc(N(c2ccc(-c3scc4c3OCCO4)cc2)c2ccc(-c3scc4c3OCCO4)cc2)ccc1-c1scc2c1OCCO2. The molecule has 81 heavy (non-hydrogen) atoms. The third kappa shape index (κ3) is 12.5. The Labute approximate surface area is 516 Å². The van der Waals surface area contributed by atoms with Gasteiger partial charge in [-0.25, -0.2) is 0 Å². The molecular weight excluding hydrogens is 1400 g/mol. The van der Waals surface area contributed by atoms with Crippen molar-refractivity contribution in [2.24, 2.45) is 0 Å². The van der Waals surface area contributed by atoms with E-state index < -0.39 is 18.4 Å². The van der Waals surface area contributed by atoms with Gasteiger partial charge in [-0.15, -0.1) is 34.0 Å². The minimum absolute atomic E-state index is 0.565. The van der Waals surface area contributed by atoms with Gasteiger partial charge in [0, 0.05) is 63.7 Å². The number of ether oxygens (including phenoxy) is 8. The maximum absolute atomic E-state index is 5.96. The minimum Gasteiger partial charge on any atom is -0.485 e. The van der Waals surface area contributed by atoms with Crippen LogP contribution in [0, 0.1) is 0 Å². The Balaban J connectivity index is 0.000000153. The van der Waals surface area contributed by atoms with Crippen LogP contribution in [0.5, 0.6) is 46.0 Å². The molecule has 4 aliphatic rings. The second kappa shape index (κ2) is 25.1. The van der Waals surface area contributed by atoms with Crippen LogP contribution < -0.4 is 50.6 Å². The Bertz CT molecular complexity index is 3410. The molecule has 10 nitrogen and oxygen atoms in total. The molecule has 0 aliphatic carbocycles. The monoisotopic (exact) mass is 1450 g/mol.